The monoisotopic (exact) mass is 211 g/mol. The SMILES string of the molecule is CCC(OC)C(Cc1cnn(C)c1)NC. The zero-order chi connectivity index (χ0) is 11.3. The van der Waals surface area contributed by atoms with Crippen LogP contribution in [0.3, 0.4) is 0 Å². The third-order valence-corrected chi connectivity index (χ3v) is 2.74. The topological polar surface area (TPSA) is 39.1 Å². The molecule has 0 spiro atoms. The Labute approximate surface area is 91.6 Å². The van der Waals surface area contributed by atoms with E-state index in [2.05, 4.69) is 17.3 Å². The van der Waals surface area contributed by atoms with Crippen molar-refractivity contribution >= 4 is 0 Å². The van der Waals surface area contributed by atoms with Crippen molar-refractivity contribution in [1.82, 2.24) is 15.1 Å². The van der Waals surface area contributed by atoms with Gasteiger partial charge in [0.15, 0.2) is 0 Å². The summed E-state index contributed by atoms with van der Waals surface area (Å²) in [6.45, 7) is 2.14. The first-order chi connectivity index (χ1) is 7.21. The van der Waals surface area contributed by atoms with E-state index in [1.165, 1.54) is 5.56 Å². The fraction of sp³-hybridized carbons (Fsp3) is 0.727. The summed E-state index contributed by atoms with van der Waals surface area (Å²) in [5, 5.41) is 7.46. The van der Waals surface area contributed by atoms with Gasteiger partial charge in [0, 0.05) is 26.4 Å². The lowest BCUT2D eigenvalue weighted by Gasteiger charge is -2.24. The van der Waals surface area contributed by atoms with Crippen LogP contribution in [-0.4, -0.2) is 36.1 Å². The zero-order valence-electron chi connectivity index (χ0n) is 10.0. The number of rotatable bonds is 6. The highest BCUT2D eigenvalue weighted by Crippen LogP contribution is 2.09. The number of nitrogens with zero attached hydrogens (tertiary/aromatic N) is 2. The lowest BCUT2D eigenvalue weighted by atomic mass is 10.0. The summed E-state index contributed by atoms with van der Waals surface area (Å²) in [5.74, 6) is 0. The van der Waals surface area contributed by atoms with Crippen molar-refractivity contribution in [3.8, 4) is 0 Å². The Morgan fingerprint density at radius 2 is 2.33 bits per heavy atom. The predicted octanol–water partition coefficient (Wildman–Crippen LogP) is 0.976. The molecule has 0 amide bonds. The molecule has 1 N–H and O–H groups in total. The molecule has 86 valence electrons. The Bertz CT molecular complexity index is 281. The first kappa shape index (κ1) is 12.2. The summed E-state index contributed by atoms with van der Waals surface area (Å²) in [6, 6.07) is 0.351. The Hall–Kier alpha value is -0.870. The molecule has 0 aliphatic heterocycles. The fourth-order valence-corrected chi connectivity index (χ4v) is 1.87. The van der Waals surface area contributed by atoms with Crippen molar-refractivity contribution in [2.45, 2.75) is 31.9 Å². The molecule has 0 fully saturated rings. The molecule has 0 saturated heterocycles. The Balaban J connectivity index is 2.60. The van der Waals surface area contributed by atoms with Crippen molar-refractivity contribution in [1.29, 1.82) is 0 Å². The maximum absolute atomic E-state index is 5.44. The van der Waals surface area contributed by atoms with Gasteiger partial charge in [0.1, 0.15) is 0 Å². The molecule has 15 heavy (non-hydrogen) atoms. The van der Waals surface area contributed by atoms with Crippen molar-refractivity contribution < 1.29 is 4.74 Å². The molecule has 1 rings (SSSR count). The van der Waals surface area contributed by atoms with E-state index in [4.69, 9.17) is 4.74 Å². The molecular weight excluding hydrogens is 190 g/mol. The standard InChI is InChI=1S/C11H21N3O/c1-5-11(15-4)10(12-2)6-9-7-13-14(3)8-9/h7-8,10-12H,5-6H2,1-4H3. The predicted molar refractivity (Wildman–Crippen MR) is 60.8 cm³/mol. The van der Waals surface area contributed by atoms with E-state index in [0.29, 0.717) is 6.04 Å². The van der Waals surface area contributed by atoms with Crippen molar-refractivity contribution in [2.24, 2.45) is 7.05 Å². The number of hydrogen-bond acceptors (Lipinski definition) is 3. The van der Waals surface area contributed by atoms with Crippen molar-refractivity contribution in [3.05, 3.63) is 18.0 Å². The van der Waals surface area contributed by atoms with Crippen LogP contribution in [0.15, 0.2) is 12.4 Å². The van der Waals surface area contributed by atoms with Crippen LogP contribution >= 0.6 is 0 Å². The van der Waals surface area contributed by atoms with Crippen molar-refractivity contribution in [2.75, 3.05) is 14.2 Å². The molecule has 0 radical (unpaired) electrons. The third kappa shape index (κ3) is 3.32. The van der Waals surface area contributed by atoms with Gasteiger partial charge in [-0.3, -0.25) is 4.68 Å². The van der Waals surface area contributed by atoms with Gasteiger partial charge in [0.25, 0.3) is 0 Å². The van der Waals surface area contributed by atoms with Gasteiger partial charge in [-0.2, -0.15) is 5.10 Å². The Morgan fingerprint density at radius 1 is 1.60 bits per heavy atom. The minimum absolute atomic E-state index is 0.259. The summed E-state index contributed by atoms with van der Waals surface area (Å²) in [5.41, 5.74) is 1.24. The van der Waals surface area contributed by atoms with Crippen LogP contribution in [0, 0.1) is 0 Å². The zero-order valence-corrected chi connectivity index (χ0v) is 10.0. The van der Waals surface area contributed by atoms with Gasteiger partial charge in [-0.1, -0.05) is 6.92 Å². The molecule has 0 aromatic carbocycles. The molecule has 1 aromatic heterocycles. The van der Waals surface area contributed by atoms with Gasteiger partial charge in [0.05, 0.1) is 12.3 Å². The van der Waals surface area contributed by atoms with Gasteiger partial charge in [-0.15, -0.1) is 0 Å². The van der Waals surface area contributed by atoms with Crippen LogP contribution in [0.25, 0.3) is 0 Å². The molecule has 4 heteroatoms. The molecule has 2 atom stereocenters. The van der Waals surface area contributed by atoms with Crippen LogP contribution < -0.4 is 5.32 Å². The maximum Gasteiger partial charge on any atom is 0.0724 e. The molecule has 0 bridgehead atoms. The molecule has 0 saturated carbocycles. The highest BCUT2D eigenvalue weighted by molar-refractivity contribution is 5.06. The molecule has 4 nitrogen and oxygen atoms in total. The van der Waals surface area contributed by atoms with Crippen LogP contribution in [0.1, 0.15) is 18.9 Å². The number of hydrogen-bond donors (Lipinski definition) is 1. The number of ether oxygens (including phenoxy) is 1. The summed E-state index contributed by atoms with van der Waals surface area (Å²) in [4.78, 5) is 0. The van der Waals surface area contributed by atoms with E-state index >= 15 is 0 Å². The average molecular weight is 211 g/mol. The molecule has 2 unspecified atom stereocenters. The third-order valence-electron chi connectivity index (χ3n) is 2.74. The van der Waals surface area contributed by atoms with E-state index in [0.717, 1.165) is 12.8 Å². The molecule has 0 aliphatic rings. The second-order valence-electron chi connectivity index (χ2n) is 3.80. The van der Waals surface area contributed by atoms with Gasteiger partial charge in [-0.05, 0) is 25.5 Å². The molecule has 1 heterocycles. The first-order valence-electron chi connectivity index (χ1n) is 5.38. The summed E-state index contributed by atoms with van der Waals surface area (Å²) in [7, 11) is 5.68. The highest BCUT2D eigenvalue weighted by atomic mass is 16.5. The highest BCUT2D eigenvalue weighted by Gasteiger charge is 2.18. The minimum Gasteiger partial charge on any atom is -0.380 e. The van der Waals surface area contributed by atoms with Gasteiger partial charge in [-0.25, -0.2) is 0 Å². The molecule has 1 aromatic rings. The maximum atomic E-state index is 5.44. The normalized spacial score (nSPS) is 15.2. The van der Waals surface area contributed by atoms with E-state index < -0.39 is 0 Å². The van der Waals surface area contributed by atoms with Crippen LogP contribution in [-0.2, 0) is 18.2 Å². The van der Waals surface area contributed by atoms with Crippen molar-refractivity contribution in [3.63, 3.8) is 0 Å². The van der Waals surface area contributed by atoms with E-state index in [-0.39, 0.29) is 6.10 Å². The van der Waals surface area contributed by atoms with Crippen LogP contribution in [0.4, 0.5) is 0 Å². The average Bonchev–Trinajstić information content (AvgIpc) is 2.64. The van der Waals surface area contributed by atoms with E-state index in [9.17, 15) is 0 Å². The smallest absolute Gasteiger partial charge is 0.0724 e. The van der Waals surface area contributed by atoms with Gasteiger partial charge < -0.3 is 10.1 Å². The first-order valence-corrected chi connectivity index (χ1v) is 5.38. The number of aromatic nitrogens is 2. The second-order valence-corrected chi connectivity index (χ2v) is 3.80. The Morgan fingerprint density at radius 3 is 2.73 bits per heavy atom. The minimum atomic E-state index is 0.259. The fourth-order valence-electron chi connectivity index (χ4n) is 1.87. The number of likely N-dealkylation sites (N-methyl/N-ethyl adjacent to an activating group) is 1. The largest absolute Gasteiger partial charge is 0.380 e. The van der Waals surface area contributed by atoms with E-state index in [1.807, 2.05) is 31.2 Å². The quantitative estimate of drug-likeness (QED) is 0.762. The number of methoxy groups -OCH3 is 1. The van der Waals surface area contributed by atoms with E-state index in [1.54, 1.807) is 7.11 Å². The summed E-state index contributed by atoms with van der Waals surface area (Å²) < 4.78 is 7.27. The summed E-state index contributed by atoms with van der Waals surface area (Å²) in [6.07, 6.45) is 6.19. The van der Waals surface area contributed by atoms with Crippen LogP contribution in [0.2, 0.25) is 0 Å². The lowest BCUT2D eigenvalue weighted by molar-refractivity contribution is 0.0678. The molecular formula is C11H21N3O. The Kier molecular flexibility index (Phi) is 4.78. The number of aryl methyl sites for hydroxylation is 1. The summed E-state index contributed by atoms with van der Waals surface area (Å²) >= 11 is 0. The lowest BCUT2D eigenvalue weighted by Crippen LogP contribution is -2.40. The number of nitrogens with one attached hydrogen (secondary N) is 1. The van der Waals surface area contributed by atoms with Gasteiger partial charge in [0.2, 0.25) is 0 Å². The van der Waals surface area contributed by atoms with Crippen LogP contribution in [0.5, 0.6) is 0 Å². The van der Waals surface area contributed by atoms with Gasteiger partial charge >= 0.3 is 0 Å². The second kappa shape index (κ2) is 5.88. The molecule has 0 aliphatic carbocycles.